The summed E-state index contributed by atoms with van der Waals surface area (Å²) in [5.41, 5.74) is 1.16. The van der Waals surface area contributed by atoms with Gasteiger partial charge in [0.05, 0.1) is 12.8 Å². The largest absolute Gasteiger partial charge is 0.495 e. The van der Waals surface area contributed by atoms with Gasteiger partial charge in [0.15, 0.2) is 0 Å². The van der Waals surface area contributed by atoms with Crippen molar-refractivity contribution in [1.29, 1.82) is 0 Å². The van der Waals surface area contributed by atoms with E-state index in [-0.39, 0.29) is 0 Å². The molecule has 2 aromatic rings. The number of nitrogens with zero attached hydrogens (tertiary/aromatic N) is 5. The van der Waals surface area contributed by atoms with E-state index in [1.54, 1.807) is 13.4 Å². The van der Waals surface area contributed by atoms with E-state index in [9.17, 15) is 0 Å². The minimum Gasteiger partial charge on any atom is -0.495 e. The highest BCUT2D eigenvalue weighted by molar-refractivity contribution is 5.60. The Balaban J connectivity index is 1.69. The van der Waals surface area contributed by atoms with Crippen molar-refractivity contribution >= 4 is 17.3 Å². The maximum Gasteiger partial charge on any atom is 0.142 e. The number of hydrogen-bond acceptors (Lipinski definition) is 6. The lowest BCUT2D eigenvalue weighted by molar-refractivity contribution is 0.413. The van der Waals surface area contributed by atoms with E-state index >= 15 is 0 Å². The summed E-state index contributed by atoms with van der Waals surface area (Å²) in [4.78, 5) is 15.9. The maximum absolute atomic E-state index is 5.50. The average Bonchev–Trinajstić information content (AvgIpc) is 2.69. The Kier molecular flexibility index (Phi) is 5.58. The van der Waals surface area contributed by atoms with Crippen LogP contribution in [0.15, 0.2) is 36.7 Å². The summed E-state index contributed by atoms with van der Waals surface area (Å²) in [5, 5.41) is 0. The Morgan fingerprint density at radius 3 is 2.36 bits per heavy atom. The van der Waals surface area contributed by atoms with E-state index in [1.165, 1.54) is 0 Å². The highest BCUT2D eigenvalue weighted by Crippen LogP contribution is 2.29. The molecule has 0 amide bonds. The van der Waals surface area contributed by atoms with Crippen LogP contribution >= 0.6 is 0 Å². The fourth-order valence-corrected chi connectivity index (χ4v) is 3.30. The van der Waals surface area contributed by atoms with E-state index in [1.807, 2.05) is 12.1 Å². The van der Waals surface area contributed by atoms with Gasteiger partial charge >= 0.3 is 0 Å². The molecule has 1 aliphatic heterocycles. The second kappa shape index (κ2) is 8.05. The number of benzene rings is 1. The molecule has 6 heteroatoms. The molecule has 25 heavy (non-hydrogen) atoms. The molecule has 1 aromatic carbocycles. The molecule has 0 atom stereocenters. The number of para-hydroxylation sites is 2. The number of piperazine rings is 1. The Labute approximate surface area is 150 Å². The molecule has 0 saturated carbocycles. The van der Waals surface area contributed by atoms with Gasteiger partial charge in [-0.15, -0.1) is 0 Å². The molecule has 134 valence electrons. The first-order valence-corrected chi connectivity index (χ1v) is 8.96. The Morgan fingerprint density at radius 2 is 1.68 bits per heavy atom. The Hall–Kier alpha value is -2.50. The number of hydrogen-bond donors (Lipinski definition) is 0. The Bertz CT molecular complexity index is 681. The molecule has 6 nitrogen and oxygen atoms in total. The smallest absolute Gasteiger partial charge is 0.142 e. The van der Waals surface area contributed by atoms with Gasteiger partial charge in [-0.25, -0.2) is 9.97 Å². The van der Waals surface area contributed by atoms with Gasteiger partial charge in [-0.05, 0) is 26.0 Å². The molecule has 0 spiro atoms. The molecule has 2 heterocycles. The van der Waals surface area contributed by atoms with Gasteiger partial charge in [0.25, 0.3) is 0 Å². The summed E-state index contributed by atoms with van der Waals surface area (Å²) < 4.78 is 5.50. The van der Waals surface area contributed by atoms with Crippen molar-refractivity contribution in [2.24, 2.45) is 0 Å². The SMILES string of the molecule is CCN(CC)c1cc(N2CCN(c3ccccc3OC)CC2)ncn1. The van der Waals surface area contributed by atoms with Gasteiger partial charge in [-0.3, -0.25) is 0 Å². The van der Waals surface area contributed by atoms with Gasteiger partial charge in [0.2, 0.25) is 0 Å². The molecular formula is C19H27N5O. The lowest BCUT2D eigenvalue weighted by Gasteiger charge is -2.37. The molecule has 1 aromatic heterocycles. The lowest BCUT2D eigenvalue weighted by Crippen LogP contribution is -2.47. The summed E-state index contributed by atoms with van der Waals surface area (Å²) >= 11 is 0. The van der Waals surface area contributed by atoms with Crippen LogP contribution in [0.1, 0.15) is 13.8 Å². The number of ether oxygens (including phenoxy) is 1. The van der Waals surface area contributed by atoms with Gasteiger partial charge in [-0.1, -0.05) is 12.1 Å². The molecule has 3 rings (SSSR count). The highest BCUT2D eigenvalue weighted by Gasteiger charge is 2.21. The lowest BCUT2D eigenvalue weighted by atomic mass is 10.2. The zero-order chi connectivity index (χ0) is 17.6. The van der Waals surface area contributed by atoms with Crippen LogP contribution in [-0.2, 0) is 0 Å². The van der Waals surface area contributed by atoms with Crippen molar-refractivity contribution in [3.05, 3.63) is 36.7 Å². The van der Waals surface area contributed by atoms with Crippen LogP contribution in [0.25, 0.3) is 0 Å². The van der Waals surface area contributed by atoms with Crippen molar-refractivity contribution in [1.82, 2.24) is 9.97 Å². The molecule has 1 aliphatic rings. The number of rotatable bonds is 6. The summed E-state index contributed by atoms with van der Waals surface area (Å²) in [6, 6.07) is 10.3. The quantitative estimate of drug-likeness (QED) is 0.805. The molecule has 0 unspecified atom stereocenters. The predicted octanol–water partition coefficient (Wildman–Crippen LogP) is 2.66. The van der Waals surface area contributed by atoms with E-state index in [0.717, 1.165) is 62.3 Å². The van der Waals surface area contributed by atoms with Crippen LogP contribution < -0.4 is 19.4 Å². The van der Waals surface area contributed by atoms with E-state index in [0.29, 0.717) is 0 Å². The van der Waals surface area contributed by atoms with E-state index in [2.05, 4.69) is 56.7 Å². The number of aromatic nitrogens is 2. The van der Waals surface area contributed by atoms with Crippen molar-refractivity contribution in [2.45, 2.75) is 13.8 Å². The number of anilines is 3. The molecule has 1 fully saturated rings. The predicted molar refractivity (Wildman–Crippen MR) is 103 cm³/mol. The van der Waals surface area contributed by atoms with Crippen LogP contribution in [0, 0.1) is 0 Å². The van der Waals surface area contributed by atoms with Crippen LogP contribution in [0.3, 0.4) is 0 Å². The summed E-state index contributed by atoms with van der Waals surface area (Å²) in [5.74, 6) is 2.94. The van der Waals surface area contributed by atoms with Crippen molar-refractivity contribution in [3.63, 3.8) is 0 Å². The van der Waals surface area contributed by atoms with Gasteiger partial charge in [-0.2, -0.15) is 0 Å². The minimum absolute atomic E-state index is 0.932. The summed E-state index contributed by atoms with van der Waals surface area (Å²) in [6.45, 7) is 9.98. The molecular weight excluding hydrogens is 314 g/mol. The van der Waals surface area contributed by atoms with Crippen molar-refractivity contribution in [2.75, 3.05) is 61.1 Å². The zero-order valence-corrected chi connectivity index (χ0v) is 15.4. The molecule has 0 radical (unpaired) electrons. The van der Waals surface area contributed by atoms with Gasteiger partial charge in [0.1, 0.15) is 23.7 Å². The third kappa shape index (κ3) is 3.78. The standard InChI is InChI=1S/C19H27N5O/c1-4-22(5-2)18-14-19(21-15-20-18)24-12-10-23(11-13-24)16-8-6-7-9-17(16)25-3/h6-9,14-15H,4-5,10-13H2,1-3H3. The Morgan fingerprint density at radius 1 is 1.00 bits per heavy atom. The monoisotopic (exact) mass is 341 g/mol. The van der Waals surface area contributed by atoms with Crippen LogP contribution in [0.5, 0.6) is 5.75 Å². The summed E-state index contributed by atoms with van der Waals surface area (Å²) in [7, 11) is 1.73. The maximum atomic E-state index is 5.50. The van der Waals surface area contributed by atoms with E-state index < -0.39 is 0 Å². The van der Waals surface area contributed by atoms with E-state index in [4.69, 9.17) is 4.74 Å². The van der Waals surface area contributed by atoms with Crippen molar-refractivity contribution < 1.29 is 4.74 Å². The second-order valence-corrected chi connectivity index (χ2v) is 6.05. The van der Waals surface area contributed by atoms with Crippen LogP contribution in [-0.4, -0.2) is 56.3 Å². The number of methoxy groups -OCH3 is 1. The summed E-state index contributed by atoms with van der Waals surface area (Å²) in [6.07, 6.45) is 1.68. The first-order valence-electron chi connectivity index (χ1n) is 8.96. The normalized spacial score (nSPS) is 14.5. The van der Waals surface area contributed by atoms with Gasteiger partial charge < -0.3 is 19.4 Å². The fourth-order valence-electron chi connectivity index (χ4n) is 3.30. The van der Waals surface area contributed by atoms with Gasteiger partial charge in [0, 0.05) is 45.3 Å². The topological polar surface area (TPSA) is 44.7 Å². The molecule has 1 saturated heterocycles. The third-order valence-electron chi connectivity index (χ3n) is 4.76. The second-order valence-electron chi connectivity index (χ2n) is 6.05. The molecule has 0 N–H and O–H groups in total. The molecule has 0 aliphatic carbocycles. The minimum atomic E-state index is 0.932. The highest BCUT2D eigenvalue weighted by atomic mass is 16.5. The first-order chi connectivity index (χ1) is 12.3. The fraction of sp³-hybridized carbons (Fsp3) is 0.474. The van der Waals surface area contributed by atoms with Crippen LogP contribution in [0.4, 0.5) is 17.3 Å². The van der Waals surface area contributed by atoms with Crippen LogP contribution in [0.2, 0.25) is 0 Å². The van der Waals surface area contributed by atoms with Crippen molar-refractivity contribution in [3.8, 4) is 5.75 Å². The molecule has 0 bridgehead atoms. The third-order valence-corrected chi connectivity index (χ3v) is 4.76. The first kappa shape index (κ1) is 17.3. The average molecular weight is 341 g/mol. The zero-order valence-electron chi connectivity index (χ0n) is 15.4.